The summed E-state index contributed by atoms with van der Waals surface area (Å²) in [5.41, 5.74) is 0. The Morgan fingerprint density at radius 2 is 1.95 bits per heavy atom. The minimum absolute atomic E-state index is 0.718. The Morgan fingerprint density at radius 3 is 2.63 bits per heavy atom. The highest BCUT2D eigenvalue weighted by atomic mass is 15.3. The lowest BCUT2D eigenvalue weighted by Gasteiger charge is -2.46. The van der Waals surface area contributed by atoms with Crippen molar-refractivity contribution in [3.05, 3.63) is 0 Å². The SMILES string of the molecule is CCC1CN(C2CCCC(C)CC2)C(C(C)C)CN1. The smallest absolute Gasteiger partial charge is 0.0247 e. The van der Waals surface area contributed by atoms with Crippen molar-refractivity contribution in [2.45, 2.75) is 84.3 Å². The predicted octanol–water partition coefficient (Wildman–Crippen LogP) is 3.66. The van der Waals surface area contributed by atoms with Crippen molar-refractivity contribution >= 4 is 0 Å². The van der Waals surface area contributed by atoms with Gasteiger partial charge in [0.25, 0.3) is 0 Å². The molecule has 1 saturated heterocycles. The topological polar surface area (TPSA) is 15.3 Å². The molecule has 1 aliphatic heterocycles. The third-order valence-corrected chi connectivity index (χ3v) is 5.43. The van der Waals surface area contributed by atoms with Gasteiger partial charge in [0, 0.05) is 31.2 Å². The average Bonchev–Trinajstić information content (AvgIpc) is 2.62. The Bertz CT molecular complexity index is 264. The maximum Gasteiger partial charge on any atom is 0.0247 e. The van der Waals surface area contributed by atoms with Crippen LogP contribution in [0.25, 0.3) is 0 Å². The van der Waals surface area contributed by atoms with Gasteiger partial charge in [-0.05, 0) is 37.5 Å². The van der Waals surface area contributed by atoms with Gasteiger partial charge in [-0.1, -0.05) is 40.5 Å². The first-order valence-electron chi connectivity index (χ1n) is 8.61. The number of nitrogens with zero attached hydrogens (tertiary/aromatic N) is 1. The van der Waals surface area contributed by atoms with Crippen LogP contribution in [0.2, 0.25) is 0 Å². The van der Waals surface area contributed by atoms with Crippen LogP contribution in [0, 0.1) is 11.8 Å². The van der Waals surface area contributed by atoms with Crippen LogP contribution in [0.3, 0.4) is 0 Å². The molecule has 0 bridgehead atoms. The maximum atomic E-state index is 3.75. The molecule has 0 amide bonds. The molecule has 2 heteroatoms. The van der Waals surface area contributed by atoms with Crippen molar-refractivity contribution in [3.63, 3.8) is 0 Å². The van der Waals surface area contributed by atoms with Gasteiger partial charge in [0.05, 0.1) is 0 Å². The van der Waals surface area contributed by atoms with E-state index in [0.717, 1.165) is 30.0 Å². The number of nitrogens with one attached hydrogen (secondary N) is 1. The van der Waals surface area contributed by atoms with E-state index < -0.39 is 0 Å². The molecule has 1 aliphatic carbocycles. The summed E-state index contributed by atoms with van der Waals surface area (Å²) in [6.45, 7) is 12.0. The Hall–Kier alpha value is -0.0800. The minimum atomic E-state index is 0.718. The van der Waals surface area contributed by atoms with Gasteiger partial charge in [0.15, 0.2) is 0 Å². The largest absolute Gasteiger partial charge is 0.311 e. The second-order valence-corrected chi connectivity index (χ2v) is 7.29. The summed E-state index contributed by atoms with van der Waals surface area (Å²) in [6, 6.07) is 2.32. The molecule has 2 nitrogen and oxygen atoms in total. The second-order valence-electron chi connectivity index (χ2n) is 7.29. The number of hydrogen-bond acceptors (Lipinski definition) is 2. The van der Waals surface area contributed by atoms with Crippen LogP contribution in [0.5, 0.6) is 0 Å². The first-order valence-corrected chi connectivity index (χ1v) is 8.61. The highest BCUT2D eigenvalue weighted by molar-refractivity contribution is 4.91. The Morgan fingerprint density at radius 1 is 1.16 bits per heavy atom. The van der Waals surface area contributed by atoms with E-state index in [0.29, 0.717) is 0 Å². The van der Waals surface area contributed by atoms with Gasteiger partial charge in [-0.3, -0.25) is 4.90 Å². The van der Waals surface area contributed by atoms with E-state index in [1.807, 2.05) is 0 Å². The van der Waals surface area contributed by atoms with Crippen LogP contribution in [0.4, 0.5) is 0 Å². The molecule has 0 aromatic carbocycles. The molecular formula is C17H34N2. The van der Waals surface area contributed by atoms with Gasteiger partial charge in [-0.25, -0.2) is 0 Å². The fraction of sp³-hybridized carbons (Fsp3) is 1.00. The van der Waals surface area contributed by atoms with Crippen molar-refractivity contribution in [1.82, 2.24) is 10.2 Å². The molecule has 0 aromatic heterocycles. The number of rotatable bonds is 3. The Labute approximate surface area is 120 Å². The number of hydrogen-bond donors (Lipinski definition) is 1. The molecule has 0 spiro atoms. The molecule has 0 aromatic rings. The van der Waals surface area contributed by atoms with Gasteiger partial charge in [0.1, 0.15) is 0 Å². The third-order valence-electron chi connectivity index (χ3n) is 5.43. The average molecular weight is 266 g/mol. The predicted molar refractivity (Wildman–Crippen MR) is 83.5 cm³/mol. The molecular weight excluding hydrogens is 232 g/mol. The summed E-state index contributed by atoms with van der Waals surface area (Å²) in [4.78, 5) is 2.88. The molecule has 1 N–H and O–H groups in total. The van der Waals surface area contributed by atoms with E-state index in [4.69, 9.17) is 0 Å². The Kier molecular flexibility index (Phi) is 5.70. The summed E-state index contributed by atoms with van der Waals surface area (Å²) in [7, 11) is 0. The van der Waals surface area contributed by atoms with E-state index in [1.165, 1.54) is 51.6 Å². The van der Waals surface area contributed by atoms with Crippen molar-refractivity contribution < 1.29 is 0 Å². The molecule has 2 fully saturated rings. The van der Waals surface area contributed by atoms with Crippen molar-refractivity contribution in [3.8, 4) is 0 Å². The molecule has 4 unspecified atom stereocenters. The van der Waals surface area contributed by atoms with Gasteiger partial charge < -0.3 is 5.32 Å². The lowest BCUT2D eigenvalue weighted by Crippen LogP contribution is -2.60. The zero-order chi connectivity index (χ0) is 13.8. The zero-order valence-corrected chi connectivity index (χ0v) is 13.5. The van der Waals surface area contributed by atoms with Gasteiger partial charge >= 0.3 is 0 Å². The van der Waals surface area contributed by atoms with Crippen LogP contribution in [-0.2, 0) is 0 Å². The minimum Gasteiger partial charge on any atom is -0.311 e. The van der Waals surface area contributed by atoms with Crippen molar-refractivity contribution in [2.75, 3.05) is 13.1 Å². The highest BCUT2D eigenvalue weighted by Crippen LogP contribution is 2.29. The zero-order valence-electron chi connectivity index (χ0n) is 13.5. The summed E-state index contributed by atoms with van der Waals surface area (Å²) in [6.07, 6.45) is 8.47. The molecule has 1 heterocycles. The lowest BCUT2D eigenvalue weighted by atomic mass is 9.93. The number of piperazine rings is 1. The third kappa shape index (κ3) is 3.95. The lowest BCUT2D eigenvalue weighted by molar-refractivity contribution is 0.0475. The fourth-order valence-electron chi connectivity index (χ4n) is 3.97. The van der Waals surface area contributed by atoms with E-state index in [-0.39, 0.29) is 0 Å². The Balaban J connectivity index is 2.03. The van der Waals surface area contributed by atoms with Crippen LogP contribution in [-0.4, -0.2) is 36.1 Å². The van der Waals surface area contributed by atoms with Gasteiger partial charge in [-0.15, -0.1) is 0 Å². The van der Waals surface area contributed by atoms with E-state index in [9.17, 15) is 0 Å². The van der Waals surface area contributed by atoms with Gasteiger partial charge in [-0.2, -0.15) is 0 Å². The molecule has 2 rings (SSSR count). The second kappa shape index (κ2) is 7.08. The molecule has 4 atom stereocenters. The van der Waals surface area contributed by atoms with E-state index >= 15 is 0 Å². The van der Waals surface area contributed by atoms with E-state index in [1.54, 1.807) is 0 Å². The molecule has 19 heavy (non-hydrogen) atoms. The molecule has 112 valence electrons. The van der Waals surface area contributed by atoms with Crippen LogP contribution < -0.4 is 5.32 Å². The normalized spacial score (nSPS) is 38.4. The van der Waals surface area contributed by atoms with Crippen molar-refractivity contribution in [2.24, 2.45) is 11.8 Å². The molecule has 1 saturated carbocycles. The molecule has 0 radical (unpaired) electrons. The summed E-state index contributed by atoms with van der Waals surface area (Å²) < 4.78 is 0. The van der Waals surface area contributed by atoms with Crippen LogP contribution >= 0.6 is 0 Å². The van der Waals surface area contributed by atoms with Crippen molar-refractivity contribution in [1.29, 1.82) is 0 Å². The van der Waals surface area contributed by atoms with E-state index in [2.05, 4.69) is 37.9 Å². The van der Waals surface area contributed by atoms with Crippen LogP contribution in [0.15, 0.2) is 0 Å². The standard InChI is InChI=1S/C17H34N2/c1-5-15-12-19(17(11-18-15)13(2)3)16-8-6-7-14(4)9-10-16/h13-18H,5-12H2,1-4H3. The monoisotopic (exact) mass is 266 g/mol. The van der Waals surface area contributed by atoms with Crippen LogP contribution in [0.1, 0.15) is 66.2 Å². The van der Waals surface area contributed by atoms with Gasteiger partial charge in [0.2, 0.25) is 0 Å². The summed E-state index contributed by atoms with van der Waals surface area (Å²) in [5.74, 6) is 1.72. The summed E-state index contributed by atoms with van der Waals surface area (Å²) >= 11 is 0. The molecule has 2 aliphatic rings. The first kappa shape index (κ1) is 15.3. The first-order chi connectivity index (χ1) is 9.11. The fourth-order valence-corrected chi connectivity index (χ4v) is 3.97. The quantitative estimate of drug-likeness (QED) is 0.784. The summed E-state index contributed by atoms with van der Waals surface area (Å²) in [5, 5.41) is 3.75. The highest BCUT2D eigenvalue weighted by Gasteiger charge is 2.34. The maximum absolute atomic E-state index is 3.75.